The number of carbonyl (C=O) groups excluding carboxylic acids is 1. The van der Waals surface area contributed by atoms with Crippen LogP contribution in [0.4, 0.5) is 0 Å². The van der Waals surface area contributed by atoms with Crippen LogP contribution in [0.3, 0.4) is 0 Å². The lowest BCUT2D eigenvalue weighted by molar-refractivity contribution is -0.130. The van der Waals surface area contributed by atoms with Crippen LogP contribution in [0, 0.1) is 0 Å². The number of rotatable bonds is 4. The van der Waals surface area contributed by atoms with Gasteiger partial charge in [-0.1, -0.05) is 24.3 Å². The van der Waals surface area contributed by atoms with Gasteiger partial charge in [-0.15, -0.1) is 62.0 Å². The quantitative estimate of drug-likeness (QED) is 0.487. The third kappa shape index (κ3) is 16.0. The number of carbonyl (C=O) groups is 1. The molecule has 0 radical (unpaired) electrons. The van der Waals surface area contributed by atoms with Crippen molar-refractivity contribution in [2.24, 2.45) is 0 Å². The van der Waals surface area contributed by atoms with E-state index in [4.69, 9.17) is 0 Å². The van der Waals surface area contributed by atoms with E-state index in [1.807, 2.05) is 4.90 Å². The second kappa shape index (κ2) is 24.0. The van der Waals surface area contributed by atoms with Gasteiger partial charge in [0, 0.05) is 72.4 Å². The van der Waals surface area contributed by atoms with Gasteiger partial charge < -0.3 is 20.9 Å². The van der Waals surface area contributed by atoms with Crippen LogP contribution in [0.15, 0.2) is 24.3 Å². The first-order valence-corrected chi connectivity index (χ1v) is 12.1. The molecule has 0 aliphatic carbocycles. The van der Waals surface area contributed by atoms with E-state index in [1.54, 1.807) is 6.92 Å². The standard InChI is InChI=1S/C24H42N6O.5ClH/c1-22(31)30-18-16-29(17-19-30)21-24-6-4-23(5-7-24)20-28-14-3-10-26-12-11-25-8-2-9-27-13-15-28;;;;;/h4-7,25-27H,2-3,8-21H2,1H3;5*1H. The summed E-state index contributed by atoms with van der Waals surface area (Å²) in [7, 11) is 0. The predicted octanol–water partition coefficient (Wildman–Crippen LogP) is 2.82. The molecule has 3 N–H and O–H groups in total. The molecular weight excluding hydrogens is 566 g/mol. The Morgan fingerprint density at radius 2 is 1.06 bits per heavy atom. The minimum atomic E-state index is 0. The van der Waals surface area contributed by atoms with Gasteiger partial charge in [-0.3, -0.25) is 14.6 Å². The molecule has 7 nitrogen and oxygen atoms in total. The first-order chi connectivity index (χ1) is 15.2. The monoisotopic (exact) mass is 610 g/mol. The number of amides is 1. The molecule has 214 valence electrons. The number of nitrogens with one attached hydrogen (secondary N) is 3. The summed E-state index contributed by atoms with van der Waals surface area (Å²) in [5.74, 6) is 0.194. The maximum Gasteiger partial charge on any atom is 0.219 e. The average Bonchev–Trinajstić information content (AvgIpc) is 2.78. The molecule has 0 saturated carbocycles. The van der Waals surface area contributed by atoms with Crippen LogP contribution < -0.4 is 16.0 Å². The van der Waals surface area contributed by atoms with Gasteiger partial charge in [0.1, 0.15) is 0 Å². The molecule has 0 spiro atoms. The largest absolute Gasteiger partial charge is 0.340 e. The molecule has 0 unspecified atom stereocenters. The fourth-order valence-electron chi connectivity index (χ4n) is 4.31. The maximum atomic E-state index is 11.5. The van der Waals surface area contributed by atoms with Crippen LogP contribution in [0.2, 0.25) is 0 Å². The Labute approximate surface area is 249 Å². The van der Waals surface area contributed by atoms with Gasteiger partial charge in [0.25, 0.3) is 0 Å². The smallest absolute Gasteiger partial charge is 0.219 e. The van der Waals surface area contributed by atoms with Gasteiger partial charge in [-0.05, 0) is 50.1 Å². The highest BCUT2D eigenvalue weighted by Gasteiger charge is 2.18. The Hall–Kier alpha value is -0.0600. The summed E-state index contributed by atoms with van der Waals surface area (Å²) in [5.41, 5.74) is 2.75. The van der Waals surface area contributed by atoms with Crippen molar-refractivity contribution in [2.75, 3.05) is 78.5 Å². The van der Waals surface area contributed by atoms with Crippen molar-refractivity contribution in [3.05, 3.63) is 35.4 Å². The normalized spacial score (nSPS) is 18.5. The van der Waals surface area contributed by atoms with Crippen LogP contribution >= 0.6 is 62.0 Å². The van der Waals surface area contributed by atoms with Gasteiger partial charge in [-0.2, -0.15) is 0 Å². The summed E-state index contributed by atoms with van der Waals surface area (Å²) >= 11 is 0. The van der Waals surface area contributed by atoms with Crippen LogP contribution in [-0.4, -0.2) is 99.1 Å². The highest BCUT2D eigenvalue weighted by atomic mass is 35.5. The number of halogens is 5. The summed E-state index contributed by atoms with van der Waals surface area (Å²) in [6.07, 6.45) is 2.37. The third-order valence-corrected chi connectivity index (χ3v) is 6.27. The molecule has 1 amide bonds. The van der Waals surface area contributed by atoms with Crippen LogP contribution in [-0.2, 0) is 17.9 Å². The molecule has 0 atom stereocenters. The first kappa shape index (κ1) is 40.4. The third-order valence-electron chi connectivity index (χ3n) is 6.27. The maximum absolute atomic E-state index is 11.5. The van der Waals surface area contributed by atoms with Crippen molar-refractivity contribution < 1.29 is 4.79 Å². The topological polar surface area (TPSA) is 62.9 Å². The average molecular weight is 613 g/mol. The van der Waals surface area contributed by atoms with Gasteiger partial charge in [0.05, 0.1) is 0 Å². The molecule has 2 saturated heterocycles. The molecule has 12 heteroatoms. The first-order valence-electron chi connectivity index (χ1n) is 12.1. The lowest BCUT2D eigenvalue weighted by Gasteiger charge is -2.34. The van der Waals surface area contributed by atoms with Crippen LogP contribution in [0.25, 0.3) is 0 Å². The Morgan fingerprint density at radius 3 is 1.56 bits per heavy atom. The second-order valence-corrected chi connectivity index (χ2v) is 8.83. The molecule has 1 aromatic carbocycles. The molecule has 36 heavy (non-hydrogen) atoms. The number of hydrogen-bond donors (Lipinski definition) is 3. The zero-order valence-corrected chi connectivity index (χ0v) is 25.5. The summed E-state index contributed by atoms with van der Waals surface area (Å²) in [5, 5.41) is 10.6. The van der Waals surface area contributed by atoms with Gasteiger partial charge in [-0.25, -0.2) is 0 Å². The highest BCUT2D eigenvalue weighted by molar-refractivity contribution is 5.86. The SMILES string of the molecule is CC(=O)N1CCN(Cc2ccc(CN3CCCNCCNCCCNCC3)cc2)CC1.Cl.Cl.Cl.Cl.Cl. The molecule has 3 rings (SSSR count). The van der Waals surface area contributed by atoms with E-state index < -0.39 is 0 Å². The Kier molecular flexibility index (Phi) is 27.0. The predicted molar refractivity (Wildman–Crippen MR) is 163 cm³/mol. The van der Waals surface area contributed by atoms with Gasteiger partial charge in [0.2, 0.25) is 5.91 Å². The van der Waals surface area contributed by atoms with Crippen molar-refractivity contribution in [3.63, 3.8) is 0 Å². The highest BCUT2D eigenvalue weighted by Crippen LogP contribution is 2.12. The van der Waals surface area contributed by atoms with Crippen molar-refractivity contribution in [2.45, 2.75) is 32.9 Å². The molecule has 1 aromatic rings. The van der Waals surface area contributed by atoms with E-state index in [2.05, 4.69) is 50.0 Å². The molecule has 0 aromatic heterocycles. The van der Waals surface area contributed by atoms with Gasteiger partial charge in [0.15, 0.2) is 0 Å². The lowest BCUT2D eigenvalue weighted by atomic mass is 10.1. The Morgan fingerprint density at radius 1 is 0.611 bits per heavy atom. The molecule has 2 fully saturated rings. The van der Waals surface area contributed by atoms with Crippen molar-refractivity contribution in [3.8, 4) is 0 Å². The molecule has 2 heterocycles. The summed E-state index contributed by atoms with van der Waals surface area (Å²) in [6, 6.07) is 9.15. The van der Waals surface area contributed by atoms with E-state index in [1.165, 1.54) is 24.0 Å². The fraction of sp³-hybridized carbons (Fsp3) is 0.708. The Bertz CT molecular complexity index is 636. The summed E-state index contributed by atoms with van der Waals surface area (Å²) in [4.78, 5) is 18.5. The minimum absolute atomic E-state index is 0. The lowest BCUT2D eigenvalue weighted by Crippen LogP contribution is -2.47. The fourth-order valence-corrected chi connectivity index (χ4v) is 4.31. The second-order valence-electron chi connectivity index (χ2n) is 8.83. The van der Waals surface area contributed by atoms with E-state index >= 15 is 0 Å². The number of nitrogens with zero attached hydrogens (tertiary/aromatic N) is 3. The minimum Gasteiger partial charge on any atom is -0.340 e. The van der Waals surface area contributed by atoms with E-state index in [0.717, 1.165) is 91.6 Å². The summed E-state index contributed by atoms with van der Waals surface area (Å²) < 4.78 is 0. The molecule has 0 bridgehead atoms. The number of piperazine rings is 1. The van der Waals surface area contributed by atoms with Crippen LogP contribution in [0.5, 0.6) is 0 Å². The van der Waals surface area contributed by atoms with Crippen molar-refractivity contribution in [1.82, 2.24) is 30.7 Å². The van der Waals surface area contributed by atoms with Crippen LogP contribution in [0.1, 0.15) is 30.9 Å². The number of benzene rings is 1. The molecule has 2 aliphatic heterocycles. The number of hydrogen-bond acceptors (Lipinski definition) is 6. The van der Waals surface area contributed by atoms with Crippen molar-refractivity contribution in [1.29, 1.82) is 0 Å². The van der Waals surface area contributed by atoms with E-state index in [-0.39, 0.29) is 67.9 Å². The van der Waals surface area contributed by atoms with E-state index in [9.17, 15) is 4.79 Å². The molecular formula is C24H47Cl5N6O. The van der Waals surface area contributed by atoms with Gasteiger partial charge >= 0.3 is 0 Å². The Balaban J connectivity index is -0.00000218. The van der Waals surface area contributed by atoms with E-state index in [0.29, 0.717) is 0 Å². The zero-order chi connectivity index (χ0) is 21.7. The zero-order valence-electron chi connectivity index (χ0n) is 21.4. The molecule has 2 aliphatic rings. The summed E-state index contributed by atoms with van der Waals surface area (Å²) in [6.45, 7) is 15.9. The van der Waals surface area contributed by atoms with Crippen molar-refractivity contribution >= 4 is 67.9 Å².